The number of benzene rings is 2. The third kappa shape index (κ3) is 2.92. The lowest BCUT2D eigenvalue weighted by Crippen LogP contribution is -1.91. The van der Waals surface area contributed by atoms with E-state index in [0.717, 1.165) is 16.7 Å². The quantitative estimate of drug-likeness (QED) is 0.536. The molecule has 0 unspecified atom stereocenters. The molecule has 0 aliphatic carbocycles. The maximum absolute atomic E-state index is 10.7. The molecule has 23 heavy (non-hydrogen) atoms. The number of hydrogen-bond acceptors (Lipinski definition) is 4. The predicted octanol–water partition coefficient (Wildman–Crippen LogP) is 4.20. The Morgan fingerprint density at radius 2 is 1.70 bits per heavy atom. The molecule has 0 saturated carbocycles. The van der Waals surface area contributed by atoms with Gasteiger partial charge in [0.1, 0.15) is 6.07 Å². The van der Waals surface area contributed by atoms with E-state index >= 15 is 0 Å². The molecule has 3 aromatic rings. The number of rotatable bonds is 3. The van der Waals surface area contributed by atoms with Gasteiger partial charge in [0.25, 0.3) is 5.69 Å². The van der Waals surface area contributed by atoms with Crippen LogP contribution >= 0.6 is 0 Å². The number of nitro benzene ring substituents is 1. The zero-order valence-electron chi connectivity index (χ0n) is 12.0. The van der Waals surface area contributed by atoms with Crippen molar-refractivity contribution >= 4 is 5.69 Å². The largest absolute Gasteiger partial charge is 0.269 e. The van der Waals surface area contributed by atoms with Crippen LogP contribution in [0.1, 0.15) is 5.56 Å². The Balaban J connectivity index is 2.08. The third-order valence-corrected chi connectivity index (χ3v) is 3.48. The summed E-state index contributed by atoms with van der Waals surface area (Å²) in [5.74, 6) is 0. The smallest absolute Gasteiger partial charge is 0.258 e. The van der Waals surface area contributed by atoms with Crippen LogP contribution in [0, 0.1) is 21.4 Å². The molecule has 0 radical (unpaired) electrons. The second-order valence-electron chi connectivity index (χ2n) is 4.90. The maximum atomic E-state index is 10.7. The molecule has 3 rings (SSSR count). The number of nitro groups is 1. The molecule has 0 saturated heterocycles. The average molecular weight is 301 g/mol. The van der Waals surface area contributed by atoms with E-state index in [2.05, 4.69) is 11.1 Å². The molecule has 1 aromatic heterocycles. The zero-order valence-corrected chi connectivity index (χ0v) is 12.0. The second-order valence-corrected chi connectivity index (χ2v) is 4.90. The lowest BCUT2D eigenvalue weighted by molar-refractivity contribution is -0.384. The van der Waals surface area contributed by atoms with E-state index in [1.54, 1.807) is 12.1 Å². The monoisotopic (exact) mass is 301 g/mol. The van der Waals surface area contributed by atoms with Crippen molar-refractivity contribution in [2.45, 2.75) is 0 Å². The molecule has 2 aromatic carbocycles. The van der Waals surface area contributed by atoms with Crippen molar-refractivity contribution in [3.8, 4) is 28.5 Å². The maximum Gasteiger partial charge on any atom is 0.269 e. The number of non-ortho nitro benzene ring substituents is 1. The minimum atomic E-state index is -0.439. The molecule has 5 heteroatoms. The fraction of sp³-hybridized carbons (Fsp3) is 0. The SMILES string of the molecule is N#Cc1cnc(-c2ccc([N+](=O)[O-])cc2)cc1-c1ccccc1. The summed E-state index contributed by atoms with van der Waals surface area (Å²) in [7, 11) is 0. The molecule has 0 atom stereocenters. The van der Waals surface area contributed by atoms with Crippen LogP contribution in [-0.4, -0.2) is 9.91 Å². The molecule has 1 heterocycles. The van der Waals surface area contributed by atoms with Crippen molar-refractivity contribution in [1.29, 1.82) is 5.26 Å². The van der Waals surface area contributed by atoms with Gasteiger partial charge in [0.05, 0.1) is 16.2 Å². The van der Waals surface area contributed by atoms with E-state index in [1.807, 2.05) is 36.4 Å². The second kappa shape index (κ2) is 6.08. The highest BCUT2D eigenvalue weighted by atomic mass is 16.6. The third-order valence-electron chi connectivity index (χ3n) is 3.48. The Kier molecular flexibility index (Phi) is 3.81. The van der Waals surface area contributed by atoms with Crippen LogP contribution in [-0.2, 0) is 0 Å². The highest BCUT2D eigenvalue weighted by Crippen LogP contribution is 2.28. The van der Waals surface area contributed by atoms with Gasteiger partial charge < -0.3 is 0 Å². The lowest BCUT2D eigenvalue weighted by Gasteiger charge is -2.07. The first-order valence-electron chi connectivity index (χ1n) is 6.89. The minimum absolute atomic E-state index is 0.0330. The zero-order chi connectivity index (χ0) is 16.2. The van der Waals surface area contributed by atoms with Crippen LogP contribution in [0.3, 0.4) is 0 Å². The van der Waals surface area contributed by atoms with Gasteiger partial charge in [-0.25, -0.2) is 0 Å². The summed E-state index contributed by atoms with van der Waals surface area (Å²) in [5, 5.41) is 20.0. The summed E-state index contributed by atoms with van der Waals surface area (Å²) in [5.41, 5.74) is 3.66. The van der Waals surface area contributed by atoms with E-state index in [1.165, 1.54) is 18.3 Å². The van der Waals surface area contributed by atoms with Gasteiger partial charge in [-0.2, -0.15) is 5.26 Å². The molecular weight excluding hydrogens is 290 g/mol. The number of aromatic nitrogens is 1. The highest BCUT2D eigenvalue weighted by molar-refractivity contribution is 5.75. The van der Waals surface area contributed by atoms with Crippen LogP contribution in [0.25, 0.3) is 22.4 Å². The van der Waals surface area contributed by atoms with Crippen molar-refractivity contribution in [3.63, 3.8) is 0 Å². The number of nitrogens with zero attached hydrogens (tertiary/aromatic N) is 3. The number of nitriles is 1. The van der Waals surface area contributed by atoms with E-state index < -0.39 is 4.92 Å². The van der Waals surface area contributed by atoms with Gasteiger partial charge in [0.2, 0.25) is 0 Å². The van der Waals surface area contributed by atoms with Crippen molar-refractivity contribution in [3.05, 3.63) is 82.5 Å². The van der Waals surface area contributed by atoms with Crippen molar-refractivity contribution in [2.24, 2.45) is 0 Å². The normalized spacial score (nSPS) is 10.0. The molecule has 0 N–H and O–H groups in total. The first kappa shape index (κ1) is 14.4. The Hall–Kier alpha value is -3.52. The molecular formula is C18H11N3O2. The van der Waals surface area contributed by atoms with Gasteiger partial charge in [0, 0.05) is 29.5 Å². The van der Waals surface area contributed by atoms with Crippen LogP contribution < -0.4 is 0 Å². The summed E-state index contributed by atoms with van der Waals surface area (Å²) in [6, 6.07) is 19.7. The molecule has 0 amide bonds. The van der Waals surface area contributed by atoms with Gasteiger partial charge >= 0.3 is 0 Å². The number of pyridine rings is 1. The summed E-state index contributed by atoms with van der Waals surface area (Å²) in [6.45, 7) is 0. The molecule has 110 valence electrons. The van der Waals surface area contributed by atoms with Crippen molar-refractivity contribution < 1.29 is 4.92 Å². The van der Waals surface area contributed by atoms with Crippen LogP contribution in [0.15, 0.2) is 66.9 Å². The standard InChI is InChI=1S/C18H11N3O2/c19-11-15-12-20-18(10-17(15)13-4-2-1-3-5-13)14-6-8-16(9-7-14)21(22)23/h1-10,12H. The Morgan fingerprint density at radius 1 is 1.00 bits per heavy atom. The summed E-state index contributed by atoms with van der Waals surface area (Å²) in [6.07, 6.45) is 1.53. The lowest BCUT2D eigenvalue weighted by atomic mass is 9.99. The molecule has 5 nitrogen and oxygen atoms in total. The number of hydrogen-bond donors (Lipinski definition) is 0. The molecule has 0 aliphatic rings. The Morgan fingerprint density at radius 3 is 2.30 bits per heavy atom. The fourth-order valence-electron chi connectivity index (χ4n) is 2.31. The summed E-state index contributed by atoms with van der Waals surface area (Å²) >= 11 is 0. The van der Waals surface area contributed by atoms with Gasteiger partial charge in [-0.3, -0.25) is 15.1 Å². The summed E-state index contributed by atoms with van der Waals surface area (Å²) in [4.78, 5) is 14.6. The Bertz CT molecular complexity index is 898. The van der Waals surface area contributed by atoms with Crippen LogP contribution in [0.4, 0.5) is 5.69 Å². The molecule has 0 bridgehead atoms. The van der Waals surface area contributed by atoms with Gasteiger partial charge in [0.15, 0.2) is 0 Å². The average Bonchev–Trinajstić information content (AvgIpc) is 2.62. The van der Waals surface area contributed by atoms with Crippen molar-refractivity contribution in [1.82, 2.24) is 4.98 Å². The highest BCUT2D eigenvalue weighted by Gasteiger charge is 2.10. The van der Waals surface area contributed by atoms with Gasteiger partial charge in [-0.15, -0.1) is 0 Å². The van der Waals surface area contributed by atoms with Crippen molar-refractivity contribution in [2.75, 3.05) is 0 Å². The van der Waals surface area contributed by atoms with Gasteiger partial charge in [-0.1, -0.05) is 30.3 Å². The van der Waals surface area contributed by atoms with E-state index in [0.29, 0.717) is 11.3 Å². The van der Waals surface area contributed by atoms with E-state index in [4.69, 9.17) is 0 Å². The predicted molar refractivity (Wildman–Crippen MR) is 86.5 cm³/mol. The van der Waals surface area contributed by atoms with Gasteiger partial charge in [-0.05, 0) is 23.8 Å². The topological polar surface area (TPSA) is 79.8 Å². The molecule has 0 spiro atoms. The fourth-order valence-corrected chi connectivity index (χ4v) is 2.31. The van der Waals surface area contributed by atoms with E-state index in [-0.39, 0.29) is 5.69 Å². The first-order valence-corrected chi connectivity index (χ1v) is 6.89. The summed E-state index contributed by atoms with van der Waals surface area (Å²) < 4.78 is 0. The first-order chi connectivity index (χ1) is 11.2. The molecule has 0 fully saturated rings. The van der Waals surface area contributed by atoms with Crippen LogP contribution in [0.2, 0.25) is 0 Å². The molecule has 0 aliphatic heterocycles. The van der Waals surface area contributed by atoms with Crippen LogP contribution in [0.5, 0.6) is 0 Å². The van der Waals surface area contributed by atoms with E-state index in [9.17, 15) is 15.4 Å². The minimum Gasteiger partial charge on any atom is -0.258 e. The Labute approximate surface area is 132 Å².